The molecular formula is C18H23Cl2N3O2. The largest absolute Gasteiger partial charge is 0.389 e. The number of hydrogen-bond donors (Lipinski definition) is 3. The number of hydrogen-bond acceptors (Lipinski definition) is 4. The molecule has 1 aromatic heterocycles. The van der Waals surface area contributed by atoms with Crippen LogP contribution in [0.1, 0.15) is 28.0 Å². The molecule has 25 heavy (non-hydrogen) atoms. The summed E-state index contributed by atoms with van der Waals surface area (Å²) in [4.78, 5) is 16.9. The molecule has 0 radical (unpaired) electrons. The number of β-amino-alcohol motifs (C(OH)–C–C–N with tert-alkyl or cyclic N) is 1. The Hall–Kier alpha value is -1.66. The van der Waals surface area contributed by atoms with Crippen molar-refractivity contribution in [3.05, 3.63) is 65.5 Å². The summed E-state index contributed by atoms with van der Waals surface area (Å²) < 4.78 is 0. The third-order valence-electron chi connectivity index (χ3n) is 4.48. The molecule has 0 spiro atoms. The van der Waals surface area contributed by atoms with Gasteiger partial charge in [-0.3, -0.25) is 9.78 Å². The van der Waals surface area contributed by atoms with Crippen LogP contribution < -0.4 is 10.6 Å². The molecule has 2 atom stereocenters. The number of rotatable bonds is 3. The highest BCUT2D eigenvalue weighted by Gasteiger charge is 2.43. The summed E-state index contributed by atoms with van der Waals surface area (Å²) in [5, 5.41) is 16.9. The van der Waals surface area contributed by atoms with Crippen LogP contribution in [0.25, 0.3) is 0 Å². The molecule has 2 aromatic rings. The monoisotopic (exact) mass is 383 g/mol. The van der Waals surface area contributed by atoms with Crippen molar-refractivity contribution in [1.29, 1.82) is 0 Å². The van der Waals surface area contributed by atoms with Gasteiger partial charge in [0.2, 0.25) is 0 Å². The Morgan fingerprint density at radius 1 is 1.24 bits per heavy atom. The second kappa shape index (κ2) is 9.15. The summed E-state index contributed by atoms with van der Waals surface area (Å²) in [5.74, 6) is -0.208. The van der Waals surface area contributed by atoms with E-state index >= 15 is 0 Å². The zero-order chi connectivity index (χ0) is 16.3. The molecule has 2 heterocycles. The summed E-state index contributed by atoms with van der Waals surface area (Å²) in [6.07, 6.45) is 1.60. The normalized spacial score (nSPS) is 22.2. The standard InChI is InChI=1S/C18H21N3O2.2ClH/c1-13-15(8-5-10-20-13)17(23)21-18(9-11-19-12-16(18)22)14-6-3-2-4-7-14;;/h2-8,10,16,19,22H,9,11-12H2,1H3,(H,21,23);2*1H/t16-,18-;;/m1../s1. The van der Waals surface area contributed by atoms with Crippen LogP contribution in [0.5, 0.6) is 0 Å². The van der Waals surface area contributed by atoms with Crippen LogP contribution in [0.2, 0.25) is 0 Å². The summed E-state index contributed by atoms with van der Waals surface area (Å²) in [5.41, 5.74) is 1.35. The van der Waals surface area contributed by atoms with Crippen molar-refractivity contribution in [2.75, 3.05) is 13.1 Å². The van der Waals surface area contributed by atoms with Crippen molar-refractivity contribution in [3.63, 3.8) is 0 Å². The molecule has 1 aliphatic rings. The summed E-state index contributed by atoms with van der Waals surface area (Å²) in [7, 11) is 0. The van der Waals surface area contributed by atoms with Crippen LogP contribution in [-0.4, -0.2) is 35.2 Å². The first-order valence-corrected chi connectivity index (χ1v) is 7.82. The van der Waals surface area contributed by atoms with E-state index in [0.717, 1.165) is 12.1 Å². The van der Waals surface area contributed by atoms with Crippen LogP contribution in [0, 0.1) is 6.92 Å². The number of carbonyl (C=O) groups is 1. The third kappa shape index (κ3) is 4.30. The first-order valence-electron chi connectivity index (χ1n) is 7.82. The molecule has 1 aromatic carbocycles. The molecule has 3 N–H and O–H groups in total. The number of nitrogens with one attached hydrogen (secondary N) is 2. The molecule has 1 aliphatic heterocycles. The van der Waals surface area contributed by atoms with Crippen molar-refractivity contribution in [3.8, 4) is 0 Å². The van der Waals surface area contributed by atoms with Gasteiger partial charge in [0.1, 0.15) is 0 Å². The number of nitrogens with zero attached hydrogens (tertiary/aromatic N) is 1. The van der Waals surface area contributed by atoms with Gasteiger partial charge in [-0.15, -0.1) is 24.8 Å². The van der Waals surface area contributed by atoms with E-state index in [2.05, 4.69) is 15.6 Å². The number of piperidine rings is 1. The van der Waals surface area contributed by atoms with Crippen LogP contribution in [0.4, 0.5) is 0 Å². The second-order valence-corrected chi connectivity index (χ2v) is 5.90. The molecule has 1 saturated heterocycles. The summed E-state index contributed by atoms with van der Waals surface area (Å²) in [6.45, 7) is 2.99. The maximum Gasteiger partial charge on any atom is 0.253 e. The van der Waals surface area contributed by atoms with Crippen molar-refractivity contribution in [2.24, 2.45) is 0 Å². The molecule has 5 nitrogen and oxygen atoms in total. The first kappa shape index (κ1) is 21.4. The lowest BCUT2D eigenvalue weighted by atomic mass is 9.79. The SMILES string of the molecule is Cc1ncccc1C(=O)N[C@@]1(c2ccccc2)CCNC[C@H]1O.Cl.Cl. The van der Waals surface area contributed by atoms with Gasteiger partial charge in [0.05, 0.1) is 17.2 Å². The average Bonchev–Trinajstić information content (AvgIpc) is 2.58. The molecular weight excluding hydrogens is 361 g/mol. The van der Waals surface area contributed by atoms with Gasteiger partial charge in [0, 0.05) is 18.4 Å². The number of carbonyl (C=O) groups excluding carboxylic acids is 1. The minimum Gasteiger partial charge on any atom is -0.389 e. The maximum absolute atomic E-state index is 12.8. The lowest BCUT2D eigenvalue weighted by molar-refractivity contribution is 0.0289. The van der Waals surface area contributed by atoms with Crippen LogP contribution in [0.3, 0.4) is 0 Å². The fraction of sp³-hybridized carbons (Fsp3) is 0.333. The molecule has 0 bridgehead atoms. The van der Waals surface area contributed by atoms with Gasteiger partial charge in [-0.2, -0.15) is 0 Å². The number of aryl methyl sites for hydroxylation is 1. The van der Waals surface area contributed by atoms with E-state index in [1.54, 1.807) is 18.3 Å². The smallest absolute Gasteiger partial charge is 0.253 e. The van der Waals surface area contributed by atoms with E-state index in [-0.39, 0.29) is 30.7 Å². The minimum absolute atomic E-state index is 0. The van der Waals surface area contributed by atoms with Gasteiger partial charge in [-0.25, -0.2) is 0 Å². The quantitative estimate of drug-likeness (QED) is 0.759. The predicted molar refractivity (Wildman–Crippen MR) is 103 cm³/mol. The summed E-state index contributed by atoms with van der Waals surface area (Å²) >= 11 is 0. The fourth-order valence-corrected chi connectivity index (χ4v) is 3.15. The zero-order valence-corrected chi connectivity index (χ0v) is 15.6. The molecule has 136 valence electrons. The number of aliphatic hydroxyl groups is 1. The Bertz CT molecular complexity index is 700. The highest BCUT2D eigenvalue weighted by molar-refractivity contribution is 5.95. The second-order valence-electron chi connectivity index (χ2n) is 5.90. The average molecular weight is 384 g/mol. The lowest BCUT2D eigenvalue weighted by Gasteiger charge is -2.43. The molecule has 0 unspecified atom stereocenters. The number of benzene rings is 1. The van der Waals surface area contributed by atoms with Crippen molar-refractivity contribution < 1.29 is 9.90 Å². The van der Waals surface area contributed by atoms with E-state index in [1.807, 2.05) is 37.3 Å². The Morgan fingerprint density at radius 3 is 2.60 bits per heavy atom. The minimum atomic E-state index is -0.786. The van der Waals surface area contributed by atoms with Crippen molar-refractivity contribution in [2.45, 2.75) is 25.0 Å². The molecule has 0 aliphatic carbocycles. The Labute approximate surface area is 160 Å². The number of pyridine rings is 1. The lowest BCUT2D eigenvalue weighted by Crippen LogP contribution is -2.61. The highest BCUT2D eigenvalue weighted by Crippen LogP contribution is 2.31. The summed E-state index contributed by atoms with van der Waals surface area (Å²) in [6, 6.07) is 13.2. The molecule has 1 amide bonds. The van der Waals surface area contributed by atoms with Crippen molar-refractivity contribution >= 4 is 30.7 Å². The molecule has 3 rings (SSSR count). The molecule has 7 heteroatoms. The van der Waals surface area contributed by atoms with Gasteiger partial charge in [-0.1, -0.05) is 30.3 Å². The van der Waals surface area contributed by atoms with Crippen LogP contribution >= 0.6 is 24.8 Å². The van der Waals surface area contributed by atoms with E-state index in [0.29, 0.717) is 24.2 Å². The predicted octanol–water partition coefficient (Wildman–Crippen LogP) is 2.21. The molecule has 0 saturated carbocycles. The topological polar surface area (TPSA) is 74.2 Å². The molecule has 1 fully saturated rings. The van der Waals surface area contributed by atoms with E-state index < -0.39 is 11.6 Å². The van der Waals surface area contributed by atoms with Gasteiger partial charge in [0.15, 0.2) is 0 Å². The van der Waals surface area contributed by atoms with Gasteiger partial charge >= 0.3 is 0 Å². The van der Waals surface area contributed by atoms with Crippen LogP contribution in [0.15, 0.2) is 48.7 Å². The third-order valence-corrected chi connectivity index (χ3v) is 4.48. The highest BCUT2D eigenvalue weighted by atomic mass is 35.5. The number of aliphatic hydroxyl groups excluding tert-OH is 1. The zero-order valence-electron chi connectivity index (χ0n) is 13.9. The Balaban J connectivity index is 0.00000156. The maximum atomic E-state index is 12.8. The number of aromatic nitrogens is 1. The Kier molecular flexibility index (Phi) is 7.83. The Morgan fingerprint density at radius 2 is 1.96 bits per heavy atom. The van der Waals surface area contributed by atoms with Gasteiger partial charge in [-0.05, 0) is 37.6 Å². The van der Waals surface area contributed by atoms with E-state index in [9.17, 15) is 9.90 Å². The van der Waals surface area contributed by atoms with Gasteiger partial charge < -0.3 is 15.7 Å². The number of halogens is 2. The first-order chi connectivity index (χ1) is 11.1. The van der Waals surface area contributed by atoms with Gasteiger partial charge in [0.25, 0.3) is 5.91 Å². The van der Waals surface area contributed by atoms with Crippen molar-refractivity contribution in [1.82, 2.24) is 15.6 Å². The fourth-order valence-electron chi connectivity index (χ4n) is 3.15. The van der Waals surface area contributed by atoms with Crippen LogP contribution in [-0.2, 0) is 5.54 Å². The number of amides is 1. The van der Waals surface area contributed by atoms with E-state index in [4.69, 9.17) is 0 Å². The van der Waals surface area contributed by atoms with E-state index in [1.165, 1.54) is 0 Å².